The third-order valence-electron chi connectivity index (χ3n) is 3.18. The summed E-state index contributed by atoms with van der Waals surface area (Å²) in [6, 6.07) is 8.44. The molecule has 2 heteroatoms. The van der Waals surface area contributed by atoms with E-state index < -0.39 is 0 Å². The maximum absolute atomic E-state index is 11.7. The van der Waals surface area contributed by atoms with Crippen molar-refractivity contribution in [2.24, 2.45) is 0 Å². The van der Waals surface area contributed by atoms with Gasteiger partial charge in [0.05, 0.1) is 6.54 Å². The third-order valence-corrected chi connectivity index (χ3v) is 3.18. The molecule has 1 aromatic rings. The van der Waals surface area contributed by atoms with Crippen LogP contribution in [0.2, 0.25) is 0 Å². The van der Waals surface area contributed by atoms with Crippen molar-refractivity contribution in [2.45, 2.75) is 32.1 Å². The minimum atomic E-state index is 0.341. The van der Waals surface area contributed by atoms with E-state index in [9.17, 15) is 4.79 Å². The molecular formula is C14H19NO. The van der Waals surface area contributed by atoms with Crippen LogP contribution in [0.4, 0.5) is 0 Å². The van der Waals surface area contributed by atoms with Crippen molar-refractivity contribution in [1.82, 2.24) is 5.32 Å². The predicted octanol–water partition coefficient (Wildman–Crippen LogP) is 2.29. The number of nitrogens with one attached hydrogen (secondary N) is 1. The summed E-state index contributed by atoms with van der Waals surface area (Å²) in [6.07, 6.45) is 2.86. The topological polar surface area (TPSA) is 29.1 Å². The lowest BCUT2D eigenvalue weighted by molar-refractivity contribution is -0.118. The average molecular weight is 217 g/mol. The van der Waals surface area contributed by atoms with Gasteiger partial charge in [0.1, 0.15) is 5.78 Å². The van der Waals surface area contributed by atoms with Gasteiger partial charge in [0.25, 0.3) is 0 Å². The minimum absolute atomic E-state index is 0.341. The first kappa shape index (κ1) is 11.3. The zero-order valence-corrected chi connectivity index (χ0v) is 9.83. The molecule has 86 valence electrons. The number of carbonyl (C=O) groups is 1. The van der Waals surface area contributed by atoms with E-state index in [0.29, 0.717) is 24.7 Å². The molecule has 0 spiro atoms. The van der Waals surface area contributed by atoms with E-state index in [4.69, 9.17) is 0 Å². The molecule has 16 heavy (non-hydrogen) atoms. The molecule has 0 saturated heterocycles. The third kappa shape index (κ3) is 2.50. The van der Waals surface area contributed by atoms with Crippen molar-refractivity contribution < 1.29 is 4.79 Å². The summed E-state index contributed by atoms with van der Waals surface area (Å²) < 4.78 is 0. The molecule has 0 saturated carbocycles. The summed E-state index contributed by atoms with van der Waals surface area (Å²) in [5.74, 6) is 0.820. The molecule has 0 radical (unpaired) electrons. The molecule has 0 bridgehead atoms. The summed E-state index contributed by atoms with van der Waals surface area (Å²) in [4.78, 5) is 11.7. The maximum Gasteiger partial charge on any atom is 0.147 e. The average Bonchev–Trinajstić information content (AvgIpc) is 2.26. The summed E-state index contributed by atoms with van der Waals surface area (Å²) in [5.41, 5.74) is 2.80. The number of hydrogen-bond donors (Lipinski definition) is 1. The van der Waals surface area contributed by atoms with E-state index in [1.165, 1.54) is 11.1 Å². The first-order valence-corrected chi connectivity index (χ1v) is 6.11. The Kier molecular flexibility index (Phi) is 3.73. The number of benzene rings is 1. The standard InChI is InChI=1S/C14H19NO/c1-2-7-15-10-13(16)9-12-8-11-5-3-4-6-14(11)12/h3-6,12,15H,2,7-10H2,1H3. The Labute approximate surface area is 97.1 Å². The number of Topliss-reactive ketones (excluding diaryl/α,β-unsaturated/α-hetero) is 1. The van der Waals surface area contributed by atoms with Gasteiger partial charge in [0.15, 0.2) is 0 Å². The summed E-state index contributed by atoms with van der Waals surface area (Å²) in [6.45, 7) is 3.58. The molecule has 0 aromatic heterocycles. The van der Waals surface area contributed by atoms with Crippen molar-refractivity contribution in [3.8, 4) is 0 Å². The minimum Gasteiger partial charge on any atom is -0.310 e. The number of hydrogen-bond acceptors (Lipinski definition) is 2. The molecule has 2 nitrogen and oxygen atoms in total. The van der Waals surface area contributed by atoms with Gasteiger partial charge in [0.2, 0.25) is 0 Å². The number of rotatable bonds is 6. The van der Waals surface area contributed by atoms with Crippen molar-refractivity contribution in [3.63, 3.8) is 0 Å². The number of carbonyl (C=O) groups excluding carboxylic acids is 1. The zero-order chi connectivity index (χ0) is 11.4. The second-order valence-electron chi connectivity index (χ2n) is 4.52. The smallest absolute Gasteiger partial charge is 0.147 e. The van der Waals surface area contributed by atoms with E-state index >= 15 is 0 Å². The normalized spacial score (nSPS) is 17.7. The van der Waals surface area contributed by atoms with Crippen LogP contribution < -0.4 is 5.32 Å². The molecule has 1 aliphatic rings. The molecule has 1 aliphatic carbocycles. The highest BCUT2D eigenvalue weighted by atomic mass is 16.1. The van der Waals surface area contributed by atoms with Crippen LogP contribution in [0.3, 0.4) is 0 Å². The first-order valence-electron chi connectivity index (χ1n) is 6.11. The SMILES string of the molecule is CCCNCC(=O)CC1Cc2ccccc21. The van der Waals surface area contributed by atoms with Gasteiger partial charge in [-0.05, 0) is 36.4 Å². The highest BCUT2D eigenvalue weighted by Crippen LogP contribution is 2.37. The Balaban J connectivity index is 1.78. The van der Waals surface area contributed by atoms with Crippen LogP contribution in [-0.4, -0.2) is 18.9 Å². The molecule has 0 heterocycles. The molecule has 0 aliphatic heterocycles. The van der Waals surface area contributed by atoms with Gasteiger partial charge in [-0.3, -0.25) is 4.79 Å². The summed E-state index contributed by atoms with van der Waals surface area (Å²) >= 11 is 0. The van der Waals surface area contributed by atoms with Crippen LogP contribution in [0.1, 0.15) is 36.8 Å². The monoisotopic (exact) mass is 217 g/mol. The van der Waals surface area contributed by atoms with Crippen molar-refractivity contribution >= 4 is 5.78 Å². The van der Waals surface area contributed by atoms with Crippen LogP contribution in [0, 0.1) is 0 Å². The summed E-state index contributed by atoms with van der Waals surface area (Å²) in [5, 5.41) is 3.16. The van der Waals surface area contributed by atoms with Crippen LogP contribution >= 0.6 is 0 Å². The van der Waals surface area contributed by atoms with E-state index in [2.05, 4.69) is 36.5 Å². The predicted molar refractivity (Wildman–Crippen MR) is 65.7 cm³/mol. The van der Waals surface area contributed by atoms with Gasteiger partial charge in [-0.2, -0.15) is 0 Å². The Bertz CT molecular complexity index is 373. The molecule has 2 rings (SSSR count). The lowest BCUT2D eigenvalue weighted by atomic mass is 9.75. The van der Waals surface area contributed by atoms with Crippen LogP contribution in [-0.2, 0) is 11.2 Å². The second kappa shape index (κ2) is 5.26. The Morgan fingerprint density at radius 3 is 3.00 bits per heavy atom. The Morgan fingerprint density at radius 2 is 2.25 bits per heavy atom. The molecular weight excluding hydrogens is 198 g/mol. The van der Waals surface area contributed by atoms with Gasteiger partial charge >= 0.3 is 0 Å². The zero-order valence-electron chi connectivity index (χ0n) is 9.83. The summed E-state index contributed by atoms with van der Waals surface area (Å²) in [7, 11) is 0. The van der Waals surface area contributed by atoms with Crippen LogP contribution in [0.5, 0.6) is 0 Å². The molecule has 1 unspecified atom stereocenters. The van der Waals surface area contributed by atoms with Gasteiger partial charge in [-0.15, -0.1) is 0 Å². The molecule has 0 fully saturated rings. The quantitative estimate of drug-likeness (QED) is 0.741. The molecule has 1 atom stereocenters. The highest BCUT2D eigenvalue weighted by molar-refractivity contribution is 5.81. The van der Waals surface area contributed by atoms with E-state index in [1.807, 2.05) is 0 Å². The number of ketones is 1. The molecule has 1 N–H and O–H groups in total. The van der Waals surface area contributed by atoms with Crippen molar-refractivity contribution in [1.29, 1.82) is 0 Å². The van der Waals surface area contributed by atoms with E-state index in [0.717, 1.165) is 19.4 Å². The molecule has 1 aromatic carbocycles. The highest BCUT2D eigenvalue weighted by Gasteiger charge is 2.26. The lowest BCUT2D eigenvalue weighted by Gasteiger charge is -2.29. The maximum atomic E-state index is 11.7. The van der Waals surface area contributed by atoms with Crippen LogP contribution in [0.15, 0.2) is 24.3 Å². The van der Waals surface area contributed by atoms with Gasteiger partial charge in [-0.1, -0.05) is 31.2 Å². The fourth-order valence-electron chi connectivity index (χ4n) is 2.30. The van der Waals surface area contributed by atoms with Crippen molar-refractivity contribution in [2.75, 3.05) is 13.1 Å². The van der Waals surface area contributed by atoms with E-state index in [-0.39, 0.29) is 0 Å². The largest absolute Gasteiger partial charge is 0.310 e. The lowest BCUT2D eigenvalue weighted by Crippen LogP contribution is -2.27. The van der Waals surface area contributed by atoms with E-state index in [1.54, 1.807) is 0 Å². The first-order chi connectivity index (χ1) is 7.81. The van der Waals surface area contributed by atoms with Gasteiger partial charge in [-0.25, -0.2) is 0 Å². The van der Waals surface area contributed by atoms with Crippen molar-refractivity contribution in [3.05, 3.63) is 35.4 Å². The number of fused-ring (bicyclic) bond motifs is 1. The molecule has 0 amide bonds. The van der Waals surface area contributed by atoms with Gasteiger partial charge in [0, 0.05) is 6.42 Å². The fraction of sp³-hybridized carbons (Fsp3) is 0.500. The Hall–Kier alpha value is -1.15. The fourth-order valence-corrected chi connectivity index (χ4v) is 2.30. The van der Waals surface area contributed by atoms with Gasteiger partial charge < -0.3 is 5.32 Å². The second-order valence-corrected chi connectivity index (χ2v) is 4.52. The van der Waals surface area contributed by atoms with Crippen LogP contribution in [0.25, 0.3) is 0 Å². The Morgan fingerprint density at radius 1 is 1.44 bits per heavy atom.